The summed E-state index contributed by atoms with van der Waals surface area (Å²) in [5, 5.41) is 3.64. The van der Waals surface area contributed by atoms with Crippen molar-refractivity contribution in [3.63, 3.8) is 0 Å². The van der Waals surface area contributed by atoms with E-state index < -0.39 is 0 Å². The standard InChI is InChI=1S/C13H21NOS/c1-2-12(13-4-3-7-15-13)14-10-11-5-8-16-9-6-11/h3-4,7,11-12,14H,2,5-6,8-10H2,1H3. The van der Waals surface area contributed by atoms with Gasteiger partial charge in [0.25, 0.3) is 0 Å². The first-order chi connectivity index (χ1) is 7.90. The lowest BCUT2D eigenvalue weighted by molar-refractivity contribution is 0.362. The molecule has 90 valence electrons. The maximum atomic E-state index is 5.46. The van der Waals surface area contributed by atoms with Crippen LogP contribution >= 0.6 is 11.8 Å². The van der Waals surface area contributed by atoms with Crippen molar-refractivity contribution >= 4 is 11.8 Å². The van der Waals surface area contributed by atoms with Crippen molar-refractivity contribution in [1.29, 1.82) is 0 Å². The summed E-state index contributed by atoms with van der Waals surface area (Å²) < 4.78 is 5.46. The molecule has 2 rings (SSSR count). The van der Waals surface area contributed by atoms with Gasteiger partial charge in [-0.05, 0) is 55.4 Å². The molecule has 1 unspecified atom stereocenters. The van der Waals surface area contributed by atoms with Crippen molar-refractivity contribution in [2.24, 2.45) is 5.92 Å². The van der Waals surface area contributed by atoms with E-state index in [1.807, 2.05) is 6.07 Å². The van der Waals surface area contributed by atoms with Gasteiger partial charge in [0.05, 0.1) is 12.3 Å². The minimum Gasteiger partial charge on any atom is -0.468 e. The van der Waals surface area contributed by atoms with Gasteiger partial charge in [0, 0.05) is 0 Å². The van der Waals surface area contributed by atoms with Gasteiger partial charge < -0.3 is 9.73 Å². The van der Waals surface area contributed by atoms with Crippen molar-refractivity contribution < 1.29 is 4.42 Å². The van der Waals surface area contributed by atoms with Crippen LogP contribution in [0.2, 0.25) is 0 Å². The first-order valence-electron chi connectivity index (χ1n) is 6.24. The van der Waals surface area contributed by atoms with Gasteiger partial charge in [0.1, 0.15) is 5.76 Å². The zero-order valence-corrected chi connectivity index (χ0v) is 10.8. The first-order valence-corrected chi connectivity index (χ1v) is 7.40. The Hall–Kier alpha value is -0.410. The van der Waals surface area contributed by atoms with Gasteiger partial charge in [0.15, 0.2) is 0 Å². The molecule has 0 amide bonds. The summed E-state index contributed by atoms with van der Waals surface area (Å²) in [4.78, 5) is 0. The number of thioether (sulfide) groups is 1. The fraction of sp³-hybridized carbons (Fsp3) is 0.692. The third-order valence-corrected chi connectivity index (χ3v) is 4.34. The van der Waals surface area contributed by atoms with Crippen LogP contribution in [0.15, 0.2) is 22.8 Å². The molecule has 1 aromatic heterocycles. The molecule has 2 nitrogen and oxygen atoms in total. The number of hydrogen-bond acceptors (Lipinski definition) is 3. The summed E-state index contributed by atoms with van der Waals surface area (Å²) >= 11 is 2.09. The zero-order valence-electron chi connectivity index (χ0n) is 9.95. The molecule has 1 fully saturated rings. The second kappa shape index (κ2) is 6.36. The monoisotopic (exact) mass is 239 g/mol. The average molecular weight is 239 g/mol. The molecule has 1 saturated heterocycles. The van der Waals surface area contributed by atoms with Crippen molar-refractivity contribution in [2.45, 2.75) is 32.2 Å². The summed E-state index contributed by atoms with van der Waals surface area (Å²) in [5.41, 5.74) is 0. The predicted octanol–water partition coefficient (Wildman–Crippen LogP) is 3.46. The molecule has 16 heavy (non-hydrogen) atoms. The summed E-state index contributed by atoms with van der Waals surface area (Å²) in [6.45, 7) is 3.34. The molecule has 2 heterocycles. The third kappa shape index (κ3) is 3.29. The quantitative estimate of drug-likeness (QED) is 0.852. The summed E-state index contributed by atoms with van der Waals surface area (Å²) in [6, 6.07) is 4.43. The van der Waals surface area contributed by atoms with Gasteiger partial charge in [-0.3, -0.25) is 0 Å². The van der Waals surface area contributed by atoms with Crippen LogP contribution in [-0.2, 0) is 0 Å². The van der Waals surface area contributed by atoms with Gasteiger partial charge in [-0.15, -0.1) is 0 Å². The molecule has 3 heteroatoms. The van der Waals surface area contributed by atoms with Crippen molar-refractivity contribution in [1.82, 2.24) is 5.32 Å². The van der Waals surface area contributed by atoms with Crippen LogP contribution in [0.1, 0.15) is 38.0 Å². The molecule has 1 aromatic rings. The van der Waals surface area contributed by atoms with E-state index >= 15 is 0 Å². The normalized spacial score (nSPS) is 19.8. The largest absolute Gasteiger partial charge is 0.468 e. The van der Waals surface area contributed by atoms with E-state index in [0.717, 1.165) is 24.6 Å². The van der Waals surface area contributed by atoms with Crippen LogP contribution in [0.25, 0.3) is 0 Å². The SMILES string of the molecule is CCC(NCC1CCSCC1)c1ccco1. The van der Waals surface area contributed by atoms with Crippen molar-refractivity contribution in [3.05, 3.63) is 24.2 Å². The minimum absolute atomic E-state index is 0.393. The number of nitrogens with one attached hydrogen (secondary N) is 1. The lowest BCUT2D eigenvalue weighted by Crippen LogP contribution is -2.28. The second-order valence-corrected chi connectivity index (χ2v) is 5.66. The Morgan fingerprint density at radius 2 is 2.31 bits per heavy atom. The smallest absolute Gasteiger partial charge is 0.120 e. The maximum Gasteiger partial charge on any atom is 0.120 e. The number of rotatable bonds is 5. The predicted molar refractivity (Wildman–Crippen MR) is 69.8 cm³/mol. The average Bonchev–Trinajstić information content (AvgIpc) is 2.85. The fourth-order valence-corrected chi connectivity index (χ4v) is 3.40. The molecule has 0 saturated carbocycles. The molecule has 0 aliphatic carbocycles. The van der Waals surface area contributed by atoms with E-state index in [1.54, 1.807) is 6.26 Å². The van der Waals surface area contributed by atoms with Gasteiger partial charge in [-0.1, -0.05) is 6.92 Å². The Morgan fingerprint density at radius 3 is 2.94 bits per heavy atom. The van der Waals surface area contributed by atoms with Crippen LogP contribution in [0.4, 0.5) is 0 Å². The van der Waals surface area contributed by atoms with E-state index in [1.165, 1.54) is 24.3 Å². The van der Waals surface area contributed by atoms with E-state index in [-0.39, 0.29) is 0 Å². The Labute approximate surface area is 102 Å². The highest BCUT2D eigenvalue weighted by Gasteiger charge is 2.17. The molecule has 0 aromatic carbocycles. The van der Waals surface area contributed by atoms with Gasteiger partial charge >= 0.3 is 0 Å². The van der Waals surface area contributed by atoms with Crippen molar-refractivity contribution in [2.75, 3.05) is 18.1 Å². The van der Waals surface area contributed by atoms with Crippen LogP contribution in [0, 0.1) is 5.92 Å². The first kappa shape index (κ1) is 12.1. The highest BCUT2D eigenvalue weighted by molar-refractivity contribution is 7.99. The minimum atomic E-state index is 0.393. The highest BCUT2D eigenvalue weighted by atomic mass is 32.2. The topological polar surface area (TPSA) is 25.2 Å². The van der Waals surface area contributed by atoms with E-state index in [4.69, 9.17) is 4.42 Å². The molecular weight excluding hydrogens is 218 g/mol. The molecular formula is C13H21NOS. The Balaban J connectivity index is 1.78. The molecule has 1 aliphatic rings. The Morgan fingerprint density at radius 1 is 1.50 bits per heavy atom. The van der Waals surface area contributed by atoms with Gasteiger partial charge in [-0.2, -0.15) is 11.8 Å². The Kier molecular flexibility index (Phi) is 4.79. The molecule has 1 atom stereocenters. The summed E-state index contributed by atoms with van der Waals surface area (Å²) in [7, 11) is 0. The highest BCUT2D eigenvalue weighted by Crippen LogP contribution is 2.23. The second-order valence-electron chi connectivity index (χ2n) is 4.44. The lowest BCUT2D eigenvalue weighted by atomic mass is 10.0. The number of furan rings is 1. The molecule has 1 aliphatic heterocycles. The third-order valence-electron chi connectivity index (χ3n) is 3.29. The van der Waals surface area contributed by atoms with Gasteiger partial charge in [0.2, 0.25) is 0 Å². The maximum absolute atomic E-state index is 5.46. The van der Waals surface area contributed by atoms with Crippen molar-refractivity contribution in [3.8, 4) is 0 Å². The van der Waals surface area contributed by atoms with E-state index in [2.05, 4.69) is 30.1 Å². The van der Waals surface area contributed by atoms with Crippen LogP contribution in [-0.4, -0.2) is 18.1 Å². The lowest BCUT2D eigenvalue weighted by Gasteiger charge is -2.24. The summed E-state index contributed by atoms with van der Waals surface area (Å²) in [6.07, 6.45) is 5.59. The molecule has 0 spiro atoms. The summed E-state index contributed by atoms with van der Waals surface area (Å²) in [5.74, 6) is 4.62. The molecule has 0 radical (unpaired) electrons. The van der Waals surface area contributed by atoms with Crippen LogP contribution in [0.3, 0.4) is 0 Å². The van der Waals surface area contributed by atoms with E-state index in [0.29, 0.717) is 6.04 Å². The molecule has 0 bridgehead atoms. The number of hydrogen-bond donors (Lipinski definition) is 1. The van der Waals surface area contributed by atoms with Crippen LogP contribution < -0.4 is 5.32 Å². The van der Waals surface area contributed by atoms with E-state index in [9.17, 15) is 0 Å². The fourth-order valence-electron chi connectivity index (χ4n) is 2.20. The molecule has 1 N–H and O–H groups in total. The Bertz CT molecular complexity index is 280. The van der Waals surface area contributed by atoms with Crippen LogP contribution in [0.5, 0.6) is 0 Å². The zero-order chi connectivity index (χ0) is 11.2. The van der Waals surface area contributed by atoms with Gasteiger partial charge in [-0.25, -0.2) is 0 Å².